The second-order valence-electron chi connectivity index (χ2n) is 4.44. The van der Waals surface area contributed by atoms with Crippen molar-refractivity contribution in [1.82, 2.24) is 9.97 Å². The lowest BCUT2D eigenvalue weighted by Gasteiger charge is -1.99. The minimum absolute atomic E-state index is 0.368. The van der Waals surface area contributed by atoms with E-state index in [4.69, 9.17) is 4.74 Å². The number of benzene rings is 2. The monoisotopic (exact) mass is 348 g/mol. The Morgan fingerprint density at radius 1 is 1.33 bits per heavy atom. The molecule has 4 nitrogen and oxygen atoms in total. The van der Waals surface area contributed by atoms with Crippen molar-refractivity contribution in [2.75, 3.05) is 7.11 Å². The minimum atomic E-state index is -0.459. The number of halogens is 2. The molecule has 0 saturated heterocycles. The number of aromatic nitrogens is 2. The van der Waals surface area contributed by atoms with Gasteiger partial charge >= 0.3 is 5.97 Å². The van der Waals surface area contributed by atoms with Gasteiger partial charge in [-0.1, -0.05) is 22.0 Å². The van der Waals surface area contributed by atoms with E-state index in [0.29, 0.717) is 32.5 Å². The highest BCUT2D eigenvalue weighted by molar-refractivity contribution is 9.10. The van der Waals surface area contributed by atoms with Crippen molar-refractivity contribution in [3.63, 3.8) is 0 Å². The van der Waals surface area contributed by atoms with Gasteiger partial charge in [-0.3, -0.25) is 0 Å². The molecule has 0 aliphatic rings. The van der Waals surface area contributed by atoms with Gasteiger partial charge in [0.15, 0.2) is 0 Å². The fourth-order valence-corrected chi connectivity index (χ4v) is 2.60. The zero-order chi connectivity index (χ0) is 15.0. The van der Waals surface area contributed by atoms with E-state index < -0.39 is 5.97 Å². The number of para-hydroxylation sites is 1. The van der Waals surface area contributed by atoms with Gasteiger partial charge < -0.3 is 9.72 Å². The standard InChI is InChI=1S/C15H10BrFN2O2/c1-21-15(20)11-3-2-4-12-13(11)19-14(18-12)8-5-9(16)7-10(17)6-8/h2-7H,1H3,(H,18,19). The zero-order valence-corrected chi connectivity index (χ0v) is 12.6. The Kier molecular flexibility index (Phi) is 3.47. The van der Waals surface area contributed by atoms with Gasteiger partial charge in [0.25, 0.3) is 0 Å². The number of methoxy groups -OCH3 is 1. The maximum absolute atomic E-state index is 13.5. The van der Waals surface area contributed by atoms with E-state index in [0.717, 1.165) is 0 Å². The lowest BCUT2D eigenvalue weighted by molar-refractivity contribution is 0.0603. The number of H-pyrrole nitrogens is 1. The van der Waals surface area contributed by atoms with E-state index >= 15 is 0 Å². The molecule has 0 amide bonds. The predicted octanol–water partition coefficient (Wildman–Crippen LogP) is 3.92. The maximum Gasteiger partial charge on any atom is 0.340 e. The Morgan fingerprint density at radius 2 is 2.14 bits per heavy atom. The summed E-state index contributed by atoms with van der Waals surface area (Å²) in [5.74, 6) is -0.339. The molecule has 0 bridgehead atoms. The molecular weight excluding hydrogens is 339 g/mol. The Hall–Kier alpha value is -2.21. The van der Waals surface area contributed by atoms with Crippen LogP contribution in [-0.4, -0.2) is 23.0 Å². The normalized spacial score (nSPS) is 10.8. The largest absolute Gasteiger partial charge is 0.465 e. The molecule has 0 spiro atoms. The van der Waals surface area contributed by atoms with Crippen molar-refractivity contribution in [3.05, 3.63) is 52.3 Å². The fraction of sp³-hybridized carbons (Fsp3) is 0.0667. The molecule has 0 atom stereocenters. The molecule has 1 heterocycles. The highest BCUT2D eigenvalue weighted by Crippen LogP contribution is 2.26. The summed E-state index contributed by atoms with van der Waals surface area (Å²) in [6.07, 6.45) is 0. The number of ether oxygens (including phenoxy) is 1. The van der Waals surface area contributed by atoms with Crippen LogP contribution >= 0.6 is 15.9 Å². The predicted molar refractivity (Wildman–Crippen MR) is 80.5 cm³/mol. The van der Waals surface area contributed by atoms with Crippen LogP contribution in [0.2, 0.25) is 0 Å². The van der Waals surface area contributed by atoms with Crippen molar-refractivity contribution in [1.29, 1.82) is 0 Å². The number of hydrogen-bond donors (Lipinski definition) is 1. The first-order valence-corrected chi connectivity index (χ1v) is 6.91. The molecule has 1 aromatic heterocycles. The highest BCUT2D eigenvalue weighted by Gasteiger charge is 2.15. The van der Waals surface area contributed by atoms with Crippen molar-refractivity contribution in [3.8, 4) is 11.4 Å². The summed E-state index contributed by atoms with van der Waals surface area (Å²) >= 11 is 3.25. The Morgan fingerprint density at radius 3 is 2.86 bits per heavy atom. The molecule has 21 heavy (non-hydrogen) atoms. The number of nitrogens with zero attached hydrogens (tertiary/aromatic N) is 1. The number of nitrogens with one attached hydrogen (secondary N) is 1. The van der Waals surface area contributed by atoms with Gasteiger partial charge in [0.05, 0.1) is 18.2 Å². The Balaban J connectivity index is 2.19. The molecule has 0 saturated carbocycles. The number of hydrogen-bond acceptors (Lipinski definition) is 3. The second kappa shape index (κ2) is 5.29. The summed E-state index contributed by atoms with van der Waals surface area (Å²) in [7, 11) is 1.32. The number of carbonyl (C=O) groups excluding carboxylic acids is 1. The van der Waals surface area contributed by atoms with Crippen molar-refractivity contribution < 1.29 is 13.9 Å². The first-order valence-electron chi connectivity index (χ1n) is 6.12. The SMILES string of the molecule is COC(=O)c1cccc2[nH]c(-c3cc(F)cc(Br)c3)nc12. The number of carbonyl (C=O) groups is 1. The summed E-state index contributed by atoms with van der Waals surface area (Å²) in [5, 5.41) is 0. The number of rotatable bonds is 2. The molecule has 0 radical (unpaired) electrons. The molecule has 0 aliphatic carbocycles. The molecular formula is C15H10BrFN2O2. The van der Waals surface area contributed by atoms with Crippen molar-refractivity contribution in [2.24, 2.45) is 0 Å². The van der Waals surface area contributed by atoms with Crippen LogP contribution in [0.5, 0.6) is 0 Å². The molecule has 2 aromatic carbocycles. The Bertz CT molecular complexity index is 825. The zero-order valence-electron chi connectivity index (χ0n) is 11.0. The molecule has 0 aliphatic heterocycles. The van der Waals surface area contributed by atoms with Crippen LogP contribution in [0.1, 0.15) is 10.4 Å². The second-order valence-corrected chi connectivity index (χ2v) is 5.35. The first-order chi connectivity index (χ1) is 10.1. The lowest BCUT2D eigenvalue weighted by Crippen LogP contribution is -2.01. The van der Waals surface area contributed by atoms with Crippen LogP contribution in [0.3, 0.4) is 0 Å². The van der Waals surface area contributed by atoms with Crippen molar-refractivity contribution in [2.45, 2.75) is 0 Å². The summed E-state index contributed by atoms with van der Waals surface area (Å²) in [5.41, 5.74) is 2.15. The van der Waals surface area contributed by atoms with Crippen LogP contribution in [-0.2, 0) is 4.74 Å². The fourth-order valence-electron chi connectivity index (χ4n) is 2.13. The topological polar surface area (TPSA) is 55.0 Å². The lowest BCUT2D eigenvalue weighted by atomic mass is 10.2. The van der Waals surface area contributed by atoms with E-state index in [1.165, 1.54) is 19.2 Å². The van der Waals surface area contributed by atoms with Crippen molar-refractivity contribution >= 4 is 32.9 Å². The number of esters is 1. The summed E-state index contributed by atoms with van der Waals surface area (Å²) in [6, 6.07) is 9.66. The van der Waals surface area contributed by atoms with Gasteiger partial charge in [-0.05, 0) is 30.3 Å². The van der Waals surface area contributed by atoms with Crippen LogP contribution in [0, 0.1) is 5.82 Å². The highest BCUT2D eigenvalue weighted by atomic mass is 79.9. The summed E-state index contributed by atoms with van der Waals surface area (Å²) < 4.78 is 18.8. The van der Waals surface area contributed by atoms with Crippen LogP contribution < -0.4 is 0 Å². The van der Waals surface area contributed by atoms with Crippen LogP contribution in [0.4, 0.5) is 4.39 Å². The van der Waals surface area contributed by atoms with E-state index in [-0.39, 0.29) is 5.82 Å². The van der Waals surface area contributed by atoms with Gasteiger partial charge in [0.2, 0.25) is 0 Å². The van der Waals surface area contributed by atoms with Gasteiger partial charge in [-0.15, -0.1) is 0 Å². The van der Waals surface area contributed by atoms with Crippen LogP contribution in [0.15, 0.2) is 40.9 Å². The third kappa shape index (κ3) is 2.54. The van der Waals surface area contributed by atoms with E-state index in [2.05, 4.69) is 25.9 Å². The average Bonchev–Trinajstić information content (AvgIpc) is 2.89. The molecule has 6 heteroatoms. The summed E-state index contributed by atoms with van der Waals surface area (Å²) in [6.45, 7) is 0. The summed E-state index contributed by atoms with van der Waals surface area (Å²) in [4.78, 5) is 19.2. The quantitative estimate of drug-likeness (QED) is 0.714. The van der Waals surface area contributed by atoms with Gasteiger partial charge in [-0.2, -0.15) is 0 Å². The maximum atomic E-state index is 13.5. The smallest absolute Gasteiger partial charge is 0.340 e. The third-order valence-corrected chi connectivity index (χ3v) is 3.51. The minimum Gasteiger partial charge on any atom is -0.465 e. The number of imidazole rings is 1. The van der Waals surface area contributed by atoms with Gasteiger partial charge in [-0.25, -0.2) is 14.2 Å². The number of aromatic amines is 1. The molecule has 3 rings (SSSR count). The van der Waals surface area contributed by atoms with E-state index in [1.807, 2.05) is 0 Å². The van der Waals surface area contributed by atoms with Gasteiger partial charge in [0.1, 0.15) is 17.2 Å². The van der Waals surface area contributed by atoms with Gasteiger partial charge in [0, 0.05) is 10.0 Å². The average molecular weight is 349 g/mol. The third-order valence-electron chi connectivity index (χ3n) is 3.05. The first kappa shape index (κ1) is 13.8. The molecule has 106 valence electrons. The van der Waals surface area contributed by atoms with Crippen LogP contribution in [0.25, 0.3) is 22.4 Å². The Labute approximate surface area is 128 Å². The molecule has 0 unspecified atom stereocenters. The van der Waals surface area contributed by atoms with E-state index in [9.17, 15) is 9.18 Å². The van der Waals surface area contributed by atoms with E-state index in [1.54, 1.807) is 24.3 Å². The molecule has 0 fully saturated rings. The molecule has 1 N–H and O–H groups in total. The number of fused-ring (bicyclic) bond motifs is 1. The molecule has 3 aromatic rings.